The average Bonchev–Trinajstić information content (AvgIpc) is 1.54. The molecule has 2 aliphatic heterocycles. The zero-order valence-corrected chi connectivity index (χ0v) is 59.2. The van der Waals surface area contributed by atoms with E-state index in [1.807, 2.05) is 0 Å². The highest BCUT2D eigenvalue weighted by molar-refractivity contribution is 7.00. The number of rotatable bonds is 4. The Morgan fingerprint density at radius 1 is 0.220 bits per heavy atom. The maximum atomic E-state index is 2.80. The van der Waals surface area contributed by atoms with Crippen molar-refractivity contribution >= 4 is 79.0 Å². The molecular formula is C105H62BN3. The zero-order chi connectivity index (χ0) is 70.7. The van der Waals surface area contributed by atoms with E-state index in [0.717, 1.165) is 39.5 Å². The van der Waals surface area contributed by atoms with Crippen molar-refractivity contribution in [1.29, 1.82) is 0 Å². The molecule has 18 aromatic rings. The fourth-order valence-corrected chi connectivity index (χ4v) is 22.8. The van der Waals surface area contributed by atoms with Gasteiger partial charge in [-0.15, -0.1) is 0 Å². The first kappa shape index (κ1) is 58.5. The van der Waals surface area contributed by atoms with E-state index in [9.17, 15) is 0 Å². The number of hydrogen-bond donors (Lipinski definition) is 0. The Kier molecular flexibility index (Phi) is 11.2. The van der Waals surface area contributed by atoms with Gasteiger partial charge in [-0.3, -0.25) is 0 Å². The lowest BCUT2D eigenvalue weighted by atomic mass is 9.33. The Bertz CT molecular complexity index is 6950. The SMILES string of the molecule is c1ccc(-c2ccc(N3c4cc(-n5c6ccccc6c6ccccc65)cc5c4B(c4ccc6c(c43)-c3ccccc3C63c4ccccc4-c4ccccc43)c3ccc4c(c3N5c3ccc5c(c3)-c3ccccc3C53c5ccccc5-c5ccccc53)C3(c5ccccc5-c5ccccc53)c3ccccc3-4)cc2)cc1. The third-order valence-electron chi connectivity index (χ3n) is 26.6. The molecule has 4 heteroatoms. The van der Waals surface area contributed by atoms with Crippen LogP contribution in [0.2, 0.25) is 0 Å². The number of anilines is 6. The summed E-state index contributed by atoms with van der Waals surface area (Å²) in [7, 11) is 0. The van der Waals surface area contributed by atoms with E-state index in [0.29, 0.717) is 0 Å². The van der Waals surface area contributed by atoms with E-state index in [1.165, 1.54) is 183 Å². The third kappa shape index (κ3) is 6.92. The summed E-state index contributed by atoms with van der Waals surface area (Å²) in [4.78, 5) is 5.53. The molecule has 8 aliphatic rings. The molecule has 0 radical (unpaired) electrons. The number of fused-ring (bicyclic) bond motifs is 39. The smallest absolute Gasteiger partial charge is 0.252 e. The highest BCUT2D eigenvalue weighted by atomic mass is 15.2. The highest BCUT2D eigenvalue weighted by Crippen LogP contribution is 2.70. The van der Waals surface area contributed by atoms with E-state index in [1.54, 1.807) is 0 Å². The Morgan fingerprint density at radius 2 is 0.569 bits per heavy atom. The van der Waals surface area contributed by atoms with E-state index in [2.05, 4.69) is 390 Å². The fraction of sp³-hybridized carbons (Fsp3) is 0.0286. The number of nitrogens with zero attached hydrogens (tertiary/aromatic N) is 3. The maximum absolute atomic E-state index is 2.80. The van der Waals surface area contributed by atoms with Crippen LogP contribution in [-0.2, 0) is 16.2 Å². The van der Waals surface area contributed by atoms with Crippen LogP contribution in [0.5, 0.6) is 0 Å². The van der Waals surface area contributed by atoms with Crippen molar-refractivity contribution < 1.29 is 0 Å². The minimum atomic E-state index is -0.728. The number of aromatic nitrogens is 1. The Morgan fingerprint density at radius 3 is 1.07 bits per heavy atom. The summed E-state index contributed by atoms with van der Waals surface area (Å²) in [5, 5.41) is 2.44. The highest BCUT2D eigenvalue weighted by Gasteiger charge is 2.59. The first-order valence-corrected chi connectivity index (χ1v) is 38.4. The van der Waals surface area contributed by atoms with Crippen molar-refractivity contribution in [2.45, 2.75) is 16.2 Å². The molecule has 26 rings (SSSR count). The number of benzene rings is 17. The lowest BCUT2D eigenvalue weighted by molar-refractivity contribution is 0.792. The predicted octanol–water partition coefficient (Wildman–Crippen LogP) is 23.6. The van der Waals surface area contributed by atoms with Crippen LogP contribution in [0.1, 0.15) is 66.8 Å². The van der Waals surface area contributed by atoms with Gasteiger partial charge in [-0.1, -0.05) is 328 Å². The van der Waals surface area contributed by atoms with Crippen LogP contribution in [0.4, 0.5) is 34.1 Å². The van der Waals surface area contributed by atoms with Gasteiger partial charge < -0.3 is 14.4 Å². The van der Waals surface area contributed by atoms with Gasteiger partial charge in [-0.25, -0.2) is 0 Å². The molecule has 0 amide bonds. The second-order valence-electron chi connectivity index (χ2n) is 31.0. The van der Waals surface area contributed by atoms with Gasteiger partial charge in [0.25, 0.3) is 6.71 Å². The molecule has 3 heterocycles. The van der Waals surface area contributed by atoms with Crippen molar-refractivity contribution in [3.05, 3.63) is 443 Å². The van der Waals surface area contributed by atoms with Crippen LogP contribution in [0.25, 0.3) is 105 Å². The second-order valence-corrected chi connectivity index (χ2v) is 31.0. The molecule has 0 atom stereocenters. The largest absolute Gasteiger partial charge is 0.311 e. The zero-order valence-electron chi connectivity index (χ0n) is 59.2. The molecule has 0 saturated heterocycles. The monoisotopic (exact) mass is 1380 g/mol. The molecule has 1 aromatic heterocycles. The first-order valence-electron chi connectivity index (χ1n) is 38.4. The summed E-state index contributed by atoms with van der Waals surface area (Å²) in [5.74, 6) is 0. The number of hydrogen-bond acceptors (Lipinski definition) is 2. The van der Waals surface area contributed by atoms with Crippen LogP contribution >= 0.6 is 0 Å². The standard InChI is InChI=1S/C105H62BN3/c1-2-26-63(27-3-1)64-50-52-65(53-51-64)108-96-61-67(107-94-48-24-13-36-76(94)77-37-14-25-49-95(77)107)62-97-100(96)106(92-59-57-91-98(101(92)108)79-38-12-23-47-89(79)104(91)83-41-17-6-30-70(83)71-31-7-18-42-84(71)104)93-58-55-78-74-34-10-22-46-88(74)105(86-44-20-8-32-72(86)73-33-9-21-45-87(73)105)99(78)102(93)109(97)66-54-56-90-80(60-66)75-35-11-19-43-85(75)103(90)81-39-15-4-28-68(81)69-29-5-16-40-82(69)103/h1-62H. The third-order valence-corrected chi connectivity index (χ3v) is 26.6. The van der Waals surface area contributed by atoms with Gasteiger partial charge in [0, 0.05) is 56.0 Å². The summed E-state index contributed by atoms with van der Waals surface area (Å²) in [5.41, 5.74) is 45.8. The average molecular weight is 1380 g/mol. The Labute approximate surface area is 631 Å². The van der Waals surface area contributed by atoms with Crippen molar-refractivity contribution in [3.8, 4) is 83.6 Å². The van der Waals surface area contributed by atoms with Gasteiger partial charge in [0.2, 0.25) is 0 Å². The topological polar surface area (TPSA) is 11.4 Å². The maximum Gasteiger partial charge on any atom is 0.252 e. The van der Waals surface area contributed by atoms with Gasteiger partial charge in [-0.2, -0.15) is 0 Å². The summed E-state index contributed by atoms with van der Waals surface area (Å²) in [6, 6.07) is 146. The van der Waals surface area contributed by atoms with Crippen LogP contribution in [0.3, 0.4) is 0 Å². The molecule has 109 heavy (non-hydrogen) atoms. The van der Waals surface area contributed by atoms with Crippen molar-refractivity contribution in [3.63, 3.8) is 0 Å². The molecule has 0 fully saturated rings. The molecule has 500 valence electrons. The van der Waals surface area contributed by atoms with Gasteiger partial charge in [0.05, 0.1) is 33.0 Å². The summed E-state index contributed by atoms with van der Waals surface area (Å²) < 4.78 is 2.58. The van der Waals surface area contributed by atoms with Crippen LogP contribution < -0.4 is 26.2 Å². The van der Waals surface area contributed by atoms with Gasteiger partial charge >= 0.3 is 0 Å². The van der Waals surface area contributed by atoms with Crippen LogP contribution in [0, 0.1) is 0 Å². The minimum Gasteiger partial charge on any atom is -0.311 e. The molecular weight excluding hydrogens is 1310 g/mol. The van der Waals surface area contributed by atoms with E-state index < -0.39 is 16.2 Å². The van der Waals surface area contributed by atoms with Crippen molar-refractivity contribution in [2.75, 3.05) is 9.80 Å². The lowest BCUT2D eigenvalue weighted by Gasteiger charge is -2.47. The van der Waals surface area contributed by atoms with E-state index in [4.69, 9.17) is 0 Å². The predicted molar refractivity (Wildman–Crippen MR) is 449 cm³/mol. The number of para-hydroxylation sites is 2. The molecule has 3 spiro atoms. The van der Waals surface area contributed by atoms with Crippen LogP contribution in [-0.4, -0.2) is 11.3 Å². The van der Waals surface area contributed by atoms with Crippen LogP contribution in [0.15, 0.2) is 376 Å². The molecule has 0 N–H and O–H groups in total. The fourth-order valence-electron chi connectivity index (χ4n) is 22.8. The Balaban J connectivity index is 0.848. The van der Waals surface area contributed by atoms with Crippen molar-refractivity contribution in [2.24, 2.45) is 0 Å². The van der Waals surface area contributed by atoms with Gasteiger partial charge in [0.15, 0.2) is 0 Å². The summed E-state index contributed by atoms with van der Waals surface area (Å²) in [6.07, 6.45) is 0. The van der Waals surface area contributed by atoms with E-state index in [-0.39, 0.29) is 6.71 Å². The molecule has 6 aliphatic carbocycles. The van der Waals surface area contributed by atoms with Gasteiger partial charge in [-0.05, 0) is 198 Å². The van der Waals surface area contributed by atoms with Crippen molar-refractivity contribution in [1.82, 2.24) is 4.57 Å². The van der Waals surface area contributed by atoms with E-state index >= 15 is 0 Å². The first-order chi connectivity index (χ1) is 54.1. The molecule has 0 saturated carbocycles. The summed E-state index contributed by atoms with van der Waals surface area (Å²) in [6.45, 7) is -0.279. The second kappa shape index (κ2) is 20.8. The molecule has 0 bridgehead atoms. The quantitative estimate of drug-likeness (QED) is 0.163. The molecule has 17 aromatic carbocycles. The molecule has 3 nitrogen and oxygen atoms in total. The minimum absolute atomic E-state index is 0.279. The normalized spacial score (nSPS) is 15.0. The lowest BCUT2D eigenvalue weighted by Crippen LogP contribution is -2.62. The molecule has 0 unspecified atom stereocenters. The van der Waals surface area contributed by atoms with Gasteiger partial charge in [0.1, 0.15) is 0 Å². The Hall–Kier alpha value is -13.8. The summed E-state index contributed by atoms with van der Waals surface area (Å²) >= 11 is 0.